The molecule has 2 rings (SSSR count). The van der Waals surface area contributed by atoms with Crippen molar-refractivity contribution in [2.45, 2.75) is 37.1 Å². The zero-order chi connectivity index (χ0) is 14.2. The molecule has 1 saturated carbocycles. The van der Waals surface area contributed by atoms with E-state index in [0.29, 0.717) is 24.3 Å². The predicted molar refractivity (Wildman–Crippen MR) is 77.1 cm³/mol. The van der Waals surface area contributed by atoms with Crippen LogP contribution in [0.15, 0.2) is 0 Å². The predicted octanol–water partition coefficient (Wildman–Crippen LogP) is 2.37. The fourth-order valence-electron chi connectivity index (χ4n) is 1.90. The summed E-state index contributed by atoms with van der Waals surface area (Å²) in [5.41, 5.74) is 0. The van der Waals surface area contributed by atoms with Crippen LogP contribution in [0.5, 0.6) is 0 Å². The zero-order valence-electron chi connectivity index (χ0n) is 10.7. The van der Waals surface area contributed by atoms with Crippen LogP contribution in [0, 0.1) is 10.7 Å². The lowest BCUT2D eigenvalue weighted by Crippen LogP contribution is -2.30. The zero-order valence-corrected chi connectivity index (χ0v) is 13.1. The molecule has 0 saturated heterocycles. The first-order valence-corrected chi connectivity index (χ1v) is 7.30. The maximum Gasteiger partial charge on any atom is 0.226 e. The lowest BCUT2D eigenvalue weighted by Gasteiger charge is -2.10. The van der Waals surface area contributed by atoms with Gasteiger partial charge in [-0.15, -0.1) is 23.2 Å². The van der Waals surface area contributed by atoms with Crippen LogP contribution in [0.1, 0.15) is 32.0 Å². The van der Waals surface area contributed by atoms with Crippen LogP contribution in [0.2, 0.25) is 0 Å². The monoisotopic (exact) mass is 322 g/mol. The van der Waals surface area contributed by atoms with Crippen LogP contribution in [0.3, 0.4) is 0 Å². The third-order valence-electron chi connectivity index (χ3n) is 3.08. The van der Waals surface area contributed by atoms with Crippen LogP contribution in [-0.2, 0) is 11.3 Å². The van der Waals surface area contributed by atoms with Crippen molar-refractivity contribution in [1.29, 1.82) is 0 Å². The largest absolute Gasteiger partial charge is 0.354 e. The van der Waals surface area contributed by atoms with E-state index in [4.69, 9.17) is 35.4 Å². The lowest BCUT2D eigenvalue weighted by molar-refractivity contribution is -0.122. The van der Waals surface area contributed by atoms with Crippen LogP contribution in [0.25, 0.3) is 0 Å². The van der Waals surface area contributed by atoms with Crippen LogP contribution < -0.4 is 5.32 Å². The number of rotatable bonds is 5. The van der Waals surface area contributed by atoms with E-state index in [-0.39, 0.29) is 17.7 Å². The molecule has 1 amide bonds. The van der Waals surface area contributed by atoms with Gasteiger partial charge < -0.3 is 9.88 Å². The molecule has 0 aromatic carbocycles. The highest BCUT2D eigenvalue weighted by molar-refractivity contribution is 7.71. The molecule has 5 nitrogen and oxygen atoms in total. The minimum atomic E-state index is -0.876. The number of carbonyl (C=O) groups is 1. The van der Waals surface area contributed by atoms with Crippen LogP contribution in [0.4, 0.5) is 0 Å². The van der Waals surface area contributed by atoms with Gasteiger partial charge in [0.2, 0.25) is 5.91 Å². The van der Waals surface area contributed by atoms with Crippen molar-refractivity contribution in [1.82, 2.24) is 20.1 Å². The van der Waals surface area contributed by atoms with Gasteiger partial charge in [-0.25, -0.2) is 0 Å². The second-order valence-electron chi connectivity index (χ2n) is 5.00. The summed E-state index contributed by atoms with van der Waals surface area (Å²) >= 11 is 16.8. The second-order valence-corrected chi connectivity index (χ2v) is 6.93. The first-order valence-electron chi connectivity index (χ1n) is 6.13. The van der Waals surface area contributed by atoms with Crippen molar-refractivity contribution < 1.29 is 4.79 Å². The van der Waals surface area contributed by atoms with Gasteiger partial charge in [0.15, 0.2) is 4.77 Å². The molecule has 1 heterocycles. The van der Waals surface area contributed by atoms with Gasteiger partial charge >= 0.3 is 0 Å². The number of aromatic amines is 1. The van der Waals surface area contributed by atoms with Crippen LogP contribution in [-0.4, -0.2) is 31.5 Å². The van der Waals surface area contributed by atoms with Gasteiger partial charge in [-0.3, -0.25) is 9.89 Å². The Labute approximate surface area is 126 Å². The molecule has 0 aliphatic heterocycles. The minimum absolute atomic E-state index is 0.105. The average molecular weight is 323 g/mol. The molecule has 1 atom stereocenters. The van der Waals surface area contributed by atoms with Gasteiger partial charge in [-0.1, -0.05) is 13.8 Å². The standard InChI is InChI=1S/C11H16Cl2N4OS/c1-6(2)8-15-16-10(19)17(8)4-3-14-9(18)7-5-11(7,12)13/h6-7H,3-5H2,1-2H3,(H,14,18)(H,16,19). The number of carbonyl (C=O) groups excluding carboxylic acids is 1. The number of nitrogens with zero attached hydrogens (tertiary/aromatic N) is 2. The van der Waals surface area contributed by atoms with Gasteiger partial charge in [0, 0.05) is 19.0 Å². The number of nitrogens with one attached hydrogen (secondary N) is 2. The Morgan fingerprint density at radius 2 is 2.32 bits per heavy atom. The summed E-state index contributed by atoms with van der Waals surface area (Å²) in [6, 6.07) is 0. The quantitative estimate of drug-likeness (QED) is 0.646. The van der Waals surface area contributed by atoms with E-state index in [2.05, 4.69) is 15.5 Å². The Kier molecular flexibility index (Phi) is 4.23. The average Bonchev–Trinajstić information content (AvgIpc) is 2.79. The molecule has 1 aromatic heterocycles. The summed E-state index contributed by atoms with van der Waals surface area (Å²) in [4.78, 5) is 11.7. The van der Waals surface area contributed by atoms with Crippen molar-refractivity contribution in [2.75, 3.05) is 6.54 Å². The maximum absolute atomic E-state index is 11.7. The van der Waals surface area contributed by atoms with Crippen molar-refractivity contribution in [3.05, 3.63) is 10.6 Å². The normalized spacial score (nSPS) is 20.6. The summed E-state index contributed by atoms with van der Waals surface area (Å²) in [5.74, 6) is 0.754. The van der Waals surface area contributed by atoms with E-state index >= 15 is 0 Å². The molecule has 1 aromatic rings. The third-order valence-corrected chi connectivity index (χ3v) is 4.23. The summed E-state index contributed by atoms with van der Waals surface area (Å²) in [6.07, 6.45) is 0.518. The molecule has 1 unspecified atom stereocenters. The number of amides is 1. The van der Waals surface area contributed by atoms with E-state index in [1.165, 1.54) is 0 Å². The fraction of sp³-hybridized carbons (Fsp3) is 0.727. The van der Waals surface area contributed by atoms with Gasteiger partial charge in [0.25, 0.3) is 0 Å². The highest BCUT2D eigenvalue weighted by Gasteiger charge is 2.56. The second kappa shape index (κ2) is 5.42. The van der Waals surface area contributed by atoms with E-state index in [1.54, 1.807) is 0 Å². The Hall–Kier alpha value is -0.590. The van der Waals surface area contributed by atoms with E-state index < -0.39 is 4.33 Å². The Morgan fingerprint density at radius 1 is 1.68 bits per heavy atom. The van der Waals surface area contributed by atoms with Gasteiger partial charge in [0.1, 0.15) is 10.2 Å². The molecule has 0 bridgehead atoms. The highest BCUT2D eigenvalue weighted by atomic mass is 35.5. The molecule has 19 heavy (non-hydrogen) atoms. The van der Waals surface area contributed by atoms with Crippen LogP contribution >= 0.6 is 35.4 Å². The van der Waals surface area contributed by atoms with Gasteiger partial charge in [0.05, 0.1) is 5.92 Å². The van der Waals surface area contributed by atoms with E-state index in [1.807, 2.05) is 18.4 Å². The Balaban J connectivity index is 1.88. The van der Waals surface area contributed by atoms with E-state index in [0.717, 1.165) is 5.82 Å². The molecule has 0 spiro atoms. The number of hydrogen-bond donors (Lipinski definition) is 2. The maximum atomic E-state index is 11.7. The number of halogens is 2. The smallest absolute Gasteiger partial charge is 0.226 e. The first-order chi connectivity index (χ1) is 8.83. The molecule has 0 radical (unpaired) electrons. The molecule has 1 aliphatic carbocycles. The van der Waals surface area contributed by atoms with E-state index in [9.17, 15) is 4.79 Å². The minimum Gasteiger partial charge on any atom is -0.354 e. The van der Waals surface area contributed by atoms with Crippen molar-refractivity contribution in [2.24, 2.45) is 5.92 Å². The molecular formula is C11H16Cl2N4OS. The van der Waals surface area contributed by atoms with Crippen molar-refractivity contribution >= 4 is 41.3 Å². The summed E-state index contributed by atoms with van der Waals surface area (Å²) in [5, 5.41) is 9.76. The molecule has 1 fully saturated rings. The highest BCUT2D eigenvalue weighted by Crippen LogP contribution is 2.53. The van der Waals surface area contributed by atoms with Crippen molar-refractivity contribution in [3.8, 4) is 0 Å². The Morgan fingerprint density at radius 3 is 2.84 bits per heavy atom. The number of hydrogen-bond acceptors (Lipinski definition) is 3. The topological polar surface area (TPSA) is 62.7 Å². The number of alkyl halides is 2. The first kappa shape index (κ1) is 14.8. The van der Waals surface area contributed by atoms with Crippen molar-refractivity contribution in [3.63, 3.8) is 0 Å². The third kappa shape index (κ3) is 3.30. The molecular weight excluding hydrogens is 307 g/mol. The lowest BCUT2D eigenvalue weighted by atomic mass is 10.2. The molecule has 106 valence electrons. The molecule has 8 heteroatoms. The van der Waals surface area contributed by atoms with Gasteiger partial charge in [-0.2, -0.15) is 5.10 Å². The fourth-order valence-corrected chi connectivity index (χ4v) is 2.64. The number of aromatic nitrogens is 3. The SMILES string of the molecule is CC(C)c1n[nH]c(=S)n1CCNC(=O)C1CC1(Cl)Cl. The molecule has 2 N–H and O–H groups in total. The summed E-state index contributed by atoms with van der Waals surface area (Å²) < 4.78 is 1.58. The Bertz CT molecular complexity index is 537. The number of H-pyrrole nitrogens is 1. The summed E-state index contributed by atoms with van der Waals surface area (Å²) in [6.45, 7) is 5.14. The van der Waals surface area contributed by atoms with Gasteiger partial charge in [-0.05, 0) is 18.6 Å². The molecule has 1 aliphatic rings. The summed E-state index contributed by atoms with van der Waals surface area (Å²) in [7, 11) is 0.